The number of nitro groups is 1. The Morgan fingerprint density at radius 3 is 2.75 bits per heavy atom. The Balaban J connectivity index is 2.31. The minimum Gasteiger partial charge on any atom is -0.396 e. The molecule has 0 radical (unpaired) electrons. The summed E-state index contributed by atoms with van der Waals surface area (Å²) in [7, 11) is 0. The number of anilines is 1. The number of nitro benzene ring substituents is 1. The third-order valence-electron chi connectivity index (χ3n) is 4.06. The summed E-state index contributed by atoms with van der Waals surface area (Å²) >= 11 is 1.16. The number of rotatable bonds is 7. The van der Waals surface area contributed by atoms with E-state index >= 15 is 0 Å². The molecule has 0 heterocycles. The molecular weight excluding hydrogens is 378 g/mol. The van der Waals surface area contributed by atoms with E-state index in [1.165, 1.54) is 12.1 Å². The zero-order valence-corrected chi connectivity index (χ0v) is 16.2. The molecular formula is C20H19N3O4S. The summed E-state index contributed by atoms with van der Waals surface area (Å²) < 4.78 is 0. The lowest BCUT2D eigenvalue weighted by molar-refractivity contribution is -0.387. The van der Waals surface area contributed by atoms with Gasteiger partial charge in [-0.15, -0.1) is 11.8 Å². The summed E-state index contributed by atoms with van der Waals surface area (Å²) in [4.78, 5) is 23.7. The van der Waals surface area contributed by atoms with E-state index in [1.54, 1.807) is 24.3 Å². The molecule has 0 spiro atoms. The molecule has 0 saturated carbocycles. The van der Waals surface area contributed by atoms with Gasteiger partial charge in [-0.25, -0.2) is 0 Å². The lowest BCUT2D eigenvalue weighted by Gasteiger charge is -2.10. The Kier molecular flexibility index (Phi) is 7.32. The van der Waals surface area contributed by atoms with Gasteiger partial charge in [0.05, 0.1) is 16.4 Å². The van der Waals surface area contributed by atoms with Crippen molar-refractivity contribution in [3.63, 3.8) is 0 Å². The number of amides is 1. The van der Waals surface area contributed by atoms with Gasteiger partial charge in [0.25, 0.3) is 11.6 Å². The number of carbonyl (C=O) groups excluding carboxylic acids is 1. The van der Waals surface area contributed by atoms with E-state index in [9.17, 15) is 20.2 Å². The van der Waals surface area contributed by atoms with Crippen LogP contribution in [0.1, 0.15) is 16.7 Å². The van der Waals surface area contributed by atoms with Gasteiger partial charge in [-0.05, 0) is 48.7 Å². The fourth-order valence-corrected chi connectivity index (χ4v) is 3.19. The van der Waals surface area contributed by atoms with E-state index in [1.807, 2.05) is 26.0 Å². The average molecular weight is 397 g/mol. The van der Waals surface area contributed by atoms with Crippen LogP contribution in [0.4, 0.5) is 11.4 Å². The van der Waals surface area contributed by atoms with E-state index in [2.05, 4.69) is 5.32 Å². The number of aliphatic hydroxyl groups is 1. The second-order valence-electron chi connectivity index (χ2n) is 5.93. The summed E-state index contributed by atoms with van der Waals surface area (Å²) in [6, 6.07) is 11.8. The lowest BCUT2D eigenvalue weighted by Crippen LogP contribution is -2.14. The Morgan fingerprint density at radius 2 is 2.11 bits per heavy atom. The van der Waals surface area contributed by atoms with E-state index < -0.39 is 10.8 Å². The number of nitriles is 1. The fourth-order valence-electron chi connectivity index (χ4n) is 2.44. The Bertz CT molecular complexity index is 980. The maximum absolute atomic E-state index is 12.5. The van der Waals surface area contributed by atoms with E-state index in [-0.39, 0.29) is 17.9 Å². The predicted molar refractivity (Wildman–Crippen MR) is 109 cm³/mol. The number of nitrogens with one attached hydrogen (secondary N) is 1. The third kappa shape index (κ3) is 5.19. The molecule has 144 valence electrons. The summed E-state index contributed by atoms with van der Waals surface area (Å²) in [6.45, 7) is 3.69. The largest absolute Gasteiger partial charge is 0.396 e. The molecule has 2 aromatic rings. The van der Waals surface area contributed by atoms with Gasteiger partial charge in [-0.3, -0.25) is 14.9 Å². The van der Waals surface area contributed by atoms with Crippen LogP contribution in [0.5, 0.6) is 0 Å². The number of hydrogen-bond acceptors (Lipinski definition) is 6. The highest BCUT2D eigenvalue weighted by atomic mass is 32.2. The predicted octanol–water partition coefficient (Wildman–Crippen LogP) is 3.84. The number of carbonyl (C=O) groups is 1. The third-order valence-corrected chi connectivity index (χ3v) is 5.10. The minimum atomic E-state index is -0.586. The lowest BCUT2D eigenvalue weighted by atomic mass is 10.1. The second-order valence-corrected chi connectivity index (χ2v) is 7.06. The van der Waals surface area contributed by atoms with E-state index in [0.29, 0.717) is 21.9 Å². The molecule has 0 atom stereocenters. The molecule has 8 heteroatoms. The molecule has 7 nitrogen and oxygen atoms in total. The van der Waals surface area contributed by atoms with Crippen molar-refractivity contribution in [2.75, 3.05) is 17.7 Å². The fraction of sp³-hybridized carbons (Fsp3) is 0.200. The summed E-state index contributed by atoms with van der Waals surface area (Å²) in [5.74, 6) is -0.254. The standard InChI is InChI=1S/C20H19N3O4S/c1-13-4-3-5-17(14(13)2)22-20(25)16(12-21)10-15-6-7-19(28-9-8-24)18(11-15)23(26)27/h3-7,10-11,24H,8-9H2,1-2H3,(H,22,25)/b16-10-. The molecule has 0 aliphatic carbocycles. The average Bonchev–Trinajstić information content (AvgIpc) is 2.68. The van der Waals surface area contributed by atoms with Crippen molar-refractivity contribution in [3.8, 4) is 6.07 Å². The highest BCUT2D eigenvalue weighted by molar-refractivity contribution is 7.99. The minimum absolute atomic E-state index is 0.0966. The smallest absolute Gasteiger partial charge is 0.283 e. The highest BCUT2D eigenvalue weighted by Gasteiger charge is 2.16. The van der Waals surface area contributed by atoms with Crippen LogP contribution in [0.2, 0.25) is 0 Å². The molecule has 0 fully saturated rings. The molecule has 2 aromatic carbocycles. The number of thioether (sulfide) groups is 1. The molecule has 2 N–H and O–H groups in total. The summed E-state index contributed by atoms with van der Waals surface area (Å²) in [5.41, 5.74) is 2.58. The Labute approximate surface area is 166 Å². The molecule has 0 aromatic heterocycles. The van der Waals surface area contributed by atoms with Crippen LogP contribution in [0.15, 0.2) is 46.9 Å². The number of nitrogens with zero attached hydrogens (tertiary/aromatic N) is 2. The molecule has 0 saturated heterocycles. The number of aryl methyl sites for hydroxylation is 1. The SMILES string of the molecule is Cc1cccc(NC(=O)/C(C#N)=C\c2ccc(SCCO)c([N+](=O)[O-])c2)c1C. The normalized spacial score (nSPS) is 11.0. The van der Waals surface area contributed by atoms with Crippen molar-refractivity contribution in [2.45, 2.75) is 18.7 Å². The number of aliphatic hydroxyl groups excluding tert-OH is 1. The quantitative estimate of drug-likeness (QED) is 0.241. The summed E-state index contributed by atoms with van der Waals surface area (Å²) in [5, 5.41) is 32.3. The number of benzene rings is 2. The second kappa shape index (κ2) is 9.69. The van der Waals surface area contributed by atoms with Crippen LogP contribution in [0.25, 0.3) is 6.08 Å². The van der Waals surface area contributed by atoms with E-state index in [4.69, 9.17) is 5.11 Å². The summed E-state index contributed by atoms with van der Waals surface area (Å²) in [6.07, 6.45) is 1.31. The maximum atomic E-state index is 12.5. The molecule has 0 bridgehead atoms. The first-order chi connectivity index (χ1) is 13.4. The van der Waals surface area contributed by atoms with Crippen LogP contribution in [0, 0.1) is 35.3 Å². The van der Waals surface area contributed by atoms with Gasteiger partial charge in [0.1, 0.15) is 11.6 Å². The zero-order chi connectivity index (χ0) is 20.7. The van der Waals surface area contributed by atoms with Crippen molar-refractivity contribution in [3.05, 3.63) is 68.8 Å². The highest BCUT2D eigenvalue weighted by Crippen LogP contribution is 2.30. The molecule has 0 aliphatic heterocycles. The zero-order valence-electron chi connectivity index (χ0n) is 15.4. The van der Waals surface area contributed by atoms with Gasteiger partial charge in [-0.1, -0.05) is 18.2 Å². The topological polar surface area (TPSA) is 116 Å². The first-order valence-electron chi connectivity index (χ1n) is 8.38. The van der Waals surface area contributed by atoms with Crippen LogP contribution in [-0.2, 0) is 4.79 Å². The van der Waals surface area contributed by atoms with Crippen molar-refractivity contribution in [2.24, 2.45) is 0 Å². The molecule has 1 amide bonds. The molecule has 2 rings (SSSR count). The molecule has 0 unspecified atom stereocenters. The van der Waals surface area contributed by atoms with Crippen LogP contribution >= 0.6 is 11.8 Å². The first kappa shape index (κ1) is 21.2. The van der Waals surface area contributed by atoms with Crippen molar-refractivity contribution < 1.29 is 14.8 Å². The number of hydrogen-bond donors (Lipinski definition) is 2. The van der Waals surface area contributed by atoms with Crippen molar-refractivity contribution in [1.82, 2.24) is 0 Å². The Morgan fingerprint density at radius 1 is 1.36 bits per heavy atom. The molecule has 0 aliphatic rings. The van der Waals surface area contributed by atoms with Crippen LogP contribution in [-0.4, -0.2) is 28.3 Å². The van der Waals surface area contributed by atoms with Gasteiger partial charge in [0.15, 0.2) is 0 Å². The van der Waals surface area contributed by atoms with Crippen molar-refractivity contribution >= 4 is 35.1 Å². The van der Waals surface area contributed by atoms with Crippen LogP contribution < -0.4 is 5.32 Å². The first-order valence-corrected chi connectivity index (χ1v) is 9.37. The maximum Gasteiger partial charge on any atom is 0.283 e. The Hall–Kier alpha value is -3.15. The van der Waals surface area contributed by atoms with Crippen LogP contribution in [0.3, 0.4) is 0 Å². The van der Waals surface area contributed by atoms with Crippen molar-refractivity contribution in [1.29, 1.82) is 5.26 Å². The molecule has 28 heavy (non-hydrogen) atoms. The van der Waals surface area contributed by atoms with Gasteiger partial charge < -0.3 is 10.4 Å². The monoisotopic (exact) mass is 397 g/mol. The van der Waals surface area contributed by atoms with E-state index in [0.717, 1.165) is 22.9 Å². The van der Waals surface area contributed by atoms with Gasteiger partial charge in [-0.2, -0.15) is 5.26 Å². The van der Waals surface area contributed by atoms with Gasteiger partial charge in [0.2, 0.25) is 0 Å². The van der Waals surface area contributed by atoms with Gasteiger partial charge >= 0.3 is 0 Å². The van der Waals surface area contributed by atoms with Gasteiger partial charge in [0, 0.05) is 17.5 Å².